The molecule has 0 unspecified atom stereocenters. The van der Waals surface area contributed by atoms with Crippen LogP contribution in [0.5, 0.6) is 0 Å². The van der Waals surface area contributed by atoms with Gasteiger partial charge in [-0.05, 0) is 30.3 Å². The minimum atomic E-state index is -0.152. The highest BCUT2D eigenvalue weighted by molar-refractivity contribution is 7.16. The number of anilines is 2. The molecule has 0 spiro atoms. The molecule has 0 saturated carbocycles. The summed E-state index contributed by atoms with van der Waals surface area (Å²) in [4.78, 5) is 33.5. The van der Waals surface area contributed by atoms with Crippen molar-refractivity contribution < 1.29 is 9.59 Å². The van der Waals surface area contributed by atoms with E-state index in [1.807, 2.05) is 47.8 Å². The molecular formula is C22H20ClN3O2S2. The molecule has 0 aliphatic carbocycles. The predicted molar refractivity (Wildman–Crippen MR) is 125 cm³/mol. The van der Waals surface area contributed by atoms with Crippen LogP contribution in [0.25, 0.3) is 6.08 Å². The second kappa shape index (κ2) is 10.3. The summed E-state index contributed by atoms with van der Waals surface area (Å²) in [6, 6.07) is 13.1. The molecule has 5 nitrogen and oxygen atoms in total. The van der Waals surface area contributed by atoms with E-state index in [4.69, 9.17) is 11.6 Å². The lowest BCUT2D eigenvalue weighted by molar-refractivity contribution is -0.126. The van der Waals surface area contributed by atoms with Crippen LogP contribution < -0.4 is 4.90 Å². The Labute approximate surface area is 188 Å². The number of hydrogen-bond acceptors (Lipinski definition) is 5. The van der Waals surface area contributed by atoms with Crippen LogP contribution in [0.2, 0.25) is 4.34 Å². The standard InChI is InChI=1S/C22H20ClN3O2S2/c1-3-13-25(14-19-10-11-20(23)30-19)21(28)12-9-17-15-29-22(24-17)26(16(2)27)18-7-5-4-6-8-18/h3-12,15H,1,13-14H2,2H3. The van der Waals surface area contributed by atoms with Gasteiger partial charge in [0.2, 0.25) is 11.8 Å². The maximum atomic E-state index is 12.7. The number of thiazole rings is 1. The number of carbonyl (C=O) groups is 2. The van der Waals surface area contributed by atoms with Gasteiger partial charge in [-0.3, -0.25) is 14.5 Å². The van der Waals surface area contributed by atoms with Crippen molar-refractivity contribution in [2.75, 3.05) is 11.4 Å². The Balaban J connectivity index is 1.73. The summed E-state index contributed by atoms with van der Waals surface area (Å²) >= 11 is 8.77. The second-order valence-corrected chi connectivity index (χ2v) is 8.93. The number of hydrogen-bond donors (Lipinski definition) is 0. The number of halogens is 1. The van der Waals surface area contributed by atoms with Crippen molar-refractivity contribution in [1.29, 1.82) is 0 Å². The monoisotopic (exact) mass is 457 g/mol. The first-order valence-electron chi connectivity index (χ1n) is 9.11. The van der Waals surface area contributed by atoms with Crippen LogP contribution in [0, 0.1) is 0 Å². The Morgan fingerprint density at radius 2 is 1.97 bits per heavy atom. The van der Waals surface area contributed by atoms with Gasteiger partial charge in [0.15, 0.2) is 5.13 Å². The zero-order valence-electron chi connectivity index (χ0n) is 16.3. The largest absolute Gasteiger partial charge is 0.330 e. The lowest BCUT2D eigenvalue weighted by Gasteiger charge is -2.18. The van der Waals surface area contributed by atoms with E-state index in [-0.39, 0.29) is 11.8 Å². The SMILES string of the molecule is C=CCN(Cc1ccc(Cl)s1)C(=O)C=Cc1csc(N(C(C)=O)c2ccccc2)n1. The first-order valence-corrected chi connectivity index (χ1v) is 11.2. The smallest absolute Gasteiger partial charge is 0.247 e. The zero-order chi connectivity index (χ0) is 21.5. The third-order valence-corrected chi connectivity index (χ3v) is 6.12. The van der Waals surface area contributed by atoms with Gasteiger partial charge in [0.1, 0.15) is 0 Å². The molecule has 3 aromatic rings. The molecule has 0 bridgehead atoms. The Hall–Kier alpha value is -2.74. The number of aromatic nitrogens is 1. The number of carbonyl (C=O) groups excluding carboxylic acids is 2. The second-order valence-electron chi connectivity index (χ2n) is 6.29. The average molecular weight is 458 g/mol. The molecule has 2 amide bonds. The van der Waals surface area contributed by atoms with Gasteiger partial charge in [0, 0.05) is 29.8 Å². The van der Waals surface area contributed by atoms with E-state index in [2.05, 4.69) is 11.6 Å². The first kappa shape index (κ1) is 22.0. The highest BCUT2D eigenvalue weighted by Crippen LogP contribution is 2.29. The van der Waals surface area contributed by atoms with Crippen LogP contribution >= 0.6 is 34.3 Å². The van der Waals surface area contributed by atoms with Gasteiger partial charge in [0.05, 0.1) is 22.3 Å². The Morgan fingerprint density at radius 3 is 2.60 bits per heavy atom. The molecule has 2 aromatic heterocycles. The quantitative estimate of drug-likeness (QED) is 0.318. The number of amides is 2. The molecule has 1 aromatic carbocycles. The molecule has 0 radical (unpaired) electrons. The average Bonchev–Trinajstić information content (AvgIpc) is 3.35. The van der Waals surface area contributed by atoms with Crippen molar-refractivity contribution in [3.8, 4) is 0 Å². The lowest BCUT2D eigenvalue weighted by Crippen LogP contribution is -2.28. The van der Waals surface area contributed by atoms with Gasteiger partial charge < -0.3 is 4.90 Å². The fourth-order valence-electron chi connectivity index (χ4n) is 2.73. The summed E-state index contributed by atoms with van der Waals surface area (Å²) in [7, 11) is 0. The van der Waals surface area contributed by atoms with Gasteiger partial charge in [-0.25, -0.2) is 4.98 Å². The Kier molecular flexibility index (Phi) is 7.57. The third kappa shape index (κ3) is 5.66. The number of thiophene rings is 1. The maximum absolute atomic E-state index is 12.7. The molecule has 154 valence electrons. The molecule has 3 rings (SSSR count). The van der Waals surface area contributed by atoms with Crippen LogP contribution in [0.4, 0.5) is 10.8 Å². The van der Waals surface area contributed by atoms with Gasteiger partial charge in [0.25, 0.3) is 0 Å². The van der Waals surface area contributed by atoms with E-state index in [1.165, 1.54) is 35.7 Å². The van der Waals surface area contributed by atoms with E-state index in [1.54, 1.807) is 22.0 Å². The fraction of sp³-hybridized carbons (Fsp3) is 0.136. The van der Waals surface area contributed by atoms with Gasteiger partial charge in [-0.15, -0.1) is 29.3 Å². The summed E-state index contributed by atoms with van der Waals surface area (Å²) in [5, 5.41) is 2.37. The molecule has 0 atom stereocenters. The summed E-state index contributed by atoms with van der Waals surface area (Å²) in [6.45, 7) is 6.11. The number of para-hydroxylation sites is 1. The summed E-state index contributed by atoms with van der Waals surface area (Å²) in [6.07, 6.45) is 4.83. The Bertz CT molecular complexity index is 1060. The highest BCUT2D eigenvalue weighted by atomic mass is 35.5. The molecule has 0 saturated heterocycles. The van der Waals surface area contributed by atoms with Crippen LogP contribution in [-0.2, 0) is 16.1 Å². The first-order chi connectivity index (χ1) is 14.5. The van der Waals surface area contributed by atoms with Gasteiger partial charge in [-0.2, -0.15) is 0 Å². The van der Waals surface area contributed by atoms with E-state index >= 15 is 0 Å². The topological polar surface area (TPSA) is 53.5 Å². The van der Waals surface area contributed by atoms with Crippen molar-refractivity contribution in [2.24, 2.45) is 0 Å². The van der Waals surface area contributed by atoms with Crippen molar-refractivity contribution >= 4 is 63.0 Å². The molecule has 30 heavy (non-hydrogen) atoms. The van der Waals surface area contributed by atoms with Crippen LogP contribution in [0.15, 0.2) is 66.6 Å². The highest BCUT2D eigenvalue weighted by Gasteiger charge is 2.17. The van der Waals surface area contributed by atoms with E-state index < -0.39 is 0 Å². The summed E-state index contributed by atoms with van der Waals surface area (Å²) < 4.78 is 0.690. The number of nitrogens with zero attached hydrogens (tertiary/aromatic N) is 3. The van der Waals surface area contributed by atoms with Crippen LogP contribution in [-0.4, -0.2) is 28.2 Å². The van der Waals surface area contributed by atoms with Gasteiger partial charge in [-0.1, -0.05) is 35.9 Å². The van der Waals surface area contributed by atoms with Crippen molar-refractivity contribution in [2.45, 2.75) is 13.5 Å². The number of rotatable bonds is 8. The predicted octanol–water partition coefficient (Wildman–Crippen LogP) is 5.77. The third-order valence-electron chi connectivity index (χ3n) is 4.06. The summed E-state index contributed by atoms with van der Waals surface area (Å²) in [5.41, 5.74) is 1.36. The van der Waals surface area contributed by atoms with Gasteiger partial charge >= 0.3 is 0 Å². The fourth-order valence-corrected chi connectivity index (χ4v) is 4.69. The van der Waals surface area contributed by atoms with Crippen molar-refractivity contribution in [3.63, 3.8) is 0 Å². The normalized spacial score (nSPS) is 10.9. The molecule has 2 heterocycles. The lowest BCUT2D eigenvalue weighted by atomic mass is 10.3. The zero-order valence-corrected chi connectivity index (χ0v) is 18.7. The molecular weight excluding hydrogens is 438 g/mol. The molecule has 0 N–H and O–H groups in total. The molecule has 0 aliphatic rings. The minimum absolute atomic E-state index is 0.131. The minimum Gasteiger partial charge on any atom is -0.330 e. The van der Waals surface area contributed by atoms with E-state index in [9.17, 15) is 9.59 Å². The maximum Gasteiger partial charge on any atom is 0.247 e. The van der Waals surface area contributed by atoms with Crippen LogP contribution in [0.3, 0.4) is 0 Å². The molecule has 0 aliphatic heterocycles. The number of benzene rings is 1. The summed E-state index contributed by atoms with van der Waals surface area (Å²) in [5.74, 6) is -0.283. The Morgan fingerprint density at radius 1 is 1.20 bits per heavy atom. The van der Waals surface area contributed by atoms with Crippen LogP contribution in [0.1, 0.15) is 17.5 Å². The van der Waals surface area contributed by atoms with Crippen molar-refractivity contribution in [3.05, 3.63) is 81.5 Å². The molecule has 8 heteroatoms. The van der Waals surface area contributed by atoms with E-state index in [0.29, 0.717) is 28.3 Å². The molecule has 0 fully saturated rings. The van der Waals surface area contributed by atoms with E-state index in [0.717, 1.165) is 10.6 Å². The van der Waals surface area contributed by atoms with Crippen molar-refractivity contribution in [1.82, 2.24) is 9.88 Å².